The van der Waals surface area contributed by atoms with Gasteiger partial charge in [-0.3, -0.25) is 0 Å². The van der Waals surface area contributed by atoms with Crippen LogP contribution in [0.1, 0.15) is 60.3 Å². The van der Waals surface area contributed by atoms with Crippen molar-refractivity contribution in [3.05, 3.63) is 0 Å². The Morgan fingerprint density at radius 3 is 1.81 bits per heavy atom. The largest absolute Gasteiger partial charge is 0.198 e. The first-order valence-corrected chi connectivity index (χ1v) is 6.10. The summed E-state index contributed by atoms with van der Waals surface area (Å²) in [5, 5.41) is 18.3. The van der Waals surface area contributed by atoms with Crippen LogP contribution in [0.2, 0.25) is 0 Å². The lowest BCUT2D eigenvalue weighted by Gasteiger charge is -2.32. The molecule has 0 radical (unpaired) electrons. The Morgan fingerprint density at radius 1 is 1.06 bits per heavy atom. The molecule has 1 heterocycles. The SMILES string of the molecule is CCCC1(C#N)CC(C)(C)N=NC(C)(C)C1. The van der Waals surface area contributed by atoms with Gasteiger partial charge in [0.05, 0.1) is 22.6 Å². The molecule has 0 atom stereocenters. The van der Waals surface area contributed by atoms with E-state index in [0.29, 0.717) is 0 Å². The summed E-state index contributed by atoms with van der Waals surface area (Å²) in [5.74, 6) is 0. The van der Waals surface area contributed by atoms with Gasteiger partial charge in [0.2, 0.25) is 0 Å². The fraction of sp³-hybridized carbons (Fsp3) is 0.923. The molecule has 0 amide bonds. The molecule has 0 aromatic carbocycles. The van der Waals surface area contributed by atoms with Gasteiger partial charge in [0.25, 0.3) is 0 Å². The summed E-state index contributed by atoms with van der Waals surface area (Å²) in [6.07, 6.45) is 3.62. The Morgan fingerprint density at radius 2 is 1.50 bits per heavy atom. The minimum atomic E-state index is -0.259. The zero-order valence-corrected chi connectivity index (χ0v) is 11.2. The van der Waals surface area contributed by atoms with Crippen LogP contribution in [0.5, 0.6) is 0 Å². The molecule has 0 fully saturated rings. The van der Waals surface area contributed by atoms with Crippen LogP contribution in [0, 0.1) is 16.7 Å². The first-order chi connectivity index (χ1) is 7.24. The van der Waals surface area contributed by atoms with Crippen LogP contribution in [0.25, 0.3) is 0 Å². The van der Waals surface area contributed by atoms with E-state index in [4.69, 9.17) is 0 Å². The van der Waals surface area contributed by atoms with E-state index >= 15 is 0 Å². The maximum atomic E-state index is 9.53. The molecule has 0 saturated heterocycles. The molecule has 0 N–H and O–H groups in total. The number of nitriles is 1. The van der Waals surface area contributed by atoms with Gasteiger partial charge >= 0.3 is 0 Å². The molecule has 0 bridgehead atoms. The molecule has 3 heteroatoms. The average molecular weight is 221 g/mol. The van der Waals surface area contributed by atoms with Gasteiger partial charge in [0.1, 0.15) is 0 Å². The first kappa shape index (κ1) is 13.2. The summed E-state index contributed by atoms with van der Waals surface area (Å²) in [6.45, 7) is 10.4. The Hall–Kier alpha value is -0.910. The van der Waals surface area contributed by atoms with Gasteiger partial charge < -0.3 is 0 Å². The third-order valence-corrected chi connectivity index (χ3v) is 3.10. The molecule has 16 heavy (non-hydrogen) atoms. The van der Waals surface area contributed by atoms with E-state index in [9.17, 15) is 5.26 Å². The molecule has 90 valence electrons. The van der Waals surface area contributed by atoms with Gasteiger partial charge in [-0.2, -0.15) is 15.5 Å². The second-order valence-electron chi connectivity index (χ2n) is 6.32. The zero-order valence-electron chi connectivity index (χ0n) is 11.2. The number of nitrogens with zero attached hydrogens (tertiary/aromatic N) is 3. The highest BCUT2D eigenvalue weighted by molar-refractivity contribution is 5.08. The van der Waals surface area contributed by atoms with E-state index in [2.05, 4.69) is 50.9 Å². The van der Waals surface area contributed by atoms with Gasteiger partial charge in [0.15, 0.2) is 0 Å². The maximum Gasteiger partial charge on any atom is 0.0775 e. The third kappa shape index (κ3) is 3.04. The van der Waals surface area contributed by atoms with E-state index in [1.54, 1.807) is 0 Å². The quantitative estimate of drug-likeness (QED) is 0.692. The summed E-state index contributed by atoms with van der Waals surface area (Å²) in [6, 6.07) is 2.55. The van der Waals surface area contributed by atoms with E-state index in [1.807, 2.05) is 0 Å². The van der Waals surface area contributed by atoms with Crippen molar-refractivity contribution in [1.82, 2.24) is 0 Å². The predicted molar refractivity (Wildman–Crippen MR) is 65.2 cm³/mol. The third-order valence-electron chi connectivity index (χ3n) is 3.10. The molecule has 1 rings (SSSR count). The Kier molecular flexibility index (Phi) is 3.42. The zero-order chi connectivity index (χ0) is 12.4. The van der Waals surface area contributed by atoms with Crippen molar-refractivity contribution < 1.29 is 0 Å². The Bertz CT molecular complexity index is 301. The first-order valence-electron chi connectivity index (χ1n) is 6.10. The van der Waals surface area contributed by atoms with E-state index < -0.39 is 0 Å². The van der Waals surface area contributed by atoms with Gasteiger partial charge in [-0.15, -0.1) is 0 Å². The van der Waals surface area contributed by atoms with Crippen molar-refractivity contribution in [2.45, 2.75) is 71.4 Å². The van der Waals surface area contributed by atoms with Gasteiger partial charge in [-0.25, -0.2) is 0 Å². The van der Waals surface area contributed by atoms with Gasteiger partial charge in [-0.1, -0.05) is 13.3 Å². The van der Waals surface area contributed by atoms with Crippen LogP contribution in [-0.4, -0.2) is 11.1 Å². The van der Waals surface area contributed by atoms with Crippen molar-refractivity contribution in [3.63, 3.8) is 0 Å². The molecule has 1 aliphatic heterocycles. The van der Waals surface area contributed by atoms with Gasteiger partial charge in [-0.05, 0) is 47.0 Å². The van der Waals surface area contributed by atoms with E-state index in [-0.39, 0.29) is 16.5 Å². The number of azo groups is 1. The van der Waals surface area contributed by atoms with Crippen LogP contribution in [0.15, 0.2) is 10.2 Å². The summed E-state index contributed by atoms with van der Waals surface area (Å²) >= 11 is 0. The molecule has 0 aromatic rings. The molecule has 1 aliphatic rings. The highest BCUT2D eigenvalue weighted by Gasteiger charge is 2.43. The molecular formula is C13H23N3. The lowest BCUT2D eigenvalue weighted by atomic mass is 9.69. The molecular weight excluding hydrogens is 198 g/mol. The highest BCUT2D eigenvalue weighted by Crippen LogP contribution is 2.44. The normalized spacial score (nSPS) is 25.8. The number of hydrogen-bond acceptors (Lipinski definition) is 3. The van der Waals surface area contributed by atoms with Crippen LogP contribution >= 0.6 is 0 Å². The van der Waals surface area contributed by atoms with E-state index in [1.165, 1.54) is 0 Å². The topological polar surface area (TPSA) is 48.5 Å². The van der Waals surface area contributed by atoms with Crippen LogP contribution in [0.3, 0.4) is 0 Å². The minimum Gasteiger partial charge on any atom is -0.198 e. The van der Waals surface area contributed by atoms with Crippen LogP contribution in [0.4, 0.5) is 0 Å². The summed E-state index contributed by atoms with van der Waals surface area (Å²) < 4.78 is 0. The summed E-state index contributed by atoms with van der Waals surface area (Å²) in [7, 11) is 0. The highest BCUT2D eigenvalue weighted by atomic mass is 15.2. The second-order valence-corrected chi connectivity index (χ2v) is 6.32. The Balaban J connectivity index is 3.08. The Labute approximate surface area is 99.0 Å². The standard InChI is InChI=1S/C13H23N3/c1-6-7-13(10-14)8-11(2,3)15-16-12(4,5)9-13/h6-9H2,1-5H3. The molecule has 0 unspecified atom stereocenters. The lowest BCUT2D eigenvalue weighted by Crippen LogP contribution is -2.32. The average Bonchev–Trinajstić information content (AvgIpc) is 2.22. The lowest BCUT2D eigenvalue weighted by molar-refractivity contribution is 0.229. The number of rotatable bonds is 2. The van der Waals surface area contributed by atoms with Crippen LogP contribution in [-0.2, 0) is 0 Å². The molecule has 3 nitrogen and oxygen atoms in total. The minimum absolute atomic E-state index is 0.210. The summed E-state index contributed by atoms with van der Waals surface area (Å²) in [5.41, 5.74) is -0.678. The van der Waals surface area contributed by atoms with Crippen molar-refractivity contribution in [3.8, 4) is 6.07 Å². The van der Waals surface area contributed by atoms with Gasteiger partial charge in [0, 0.05) is 0 Å². The molecule has 0 aromatic heterocycles. The van der Waals surface area contributed by atoms with Crippen molar-refractivity contribution in [2.24, 2.45) is 15.6 Å². The maximum absolute atomic E-state index is 9.53. The fourth-order valence-corrected chi connectivity index (χ4v) is 2.85. The van der Waals surface area contributed by atoms with E-state index in [0.717, 1.165) is 25.7 Å². The molecule has 0 spiro atoms. The molecule has 0 aliphatic carbocycles. The van der Waals surface area contributed by atoms with Crippen molar-refractivity contribution in [1.29, 1.82) is 5.26 Å². The number of hydrogen-bond donors (Lipinski definition) is 0. The second kappa shape index (κ2) is 4.16. The van der Waals surface area contributed by atoms with Crippen molar-refractivity contribution in [2.75, 3.05) is 0 Å². The monoisotopic (exact) mass is 221 g/mol. The molecule has 0 saturated carbocycles. The predicted octanol–water partition coefficient (Wildman–Crippen LogP) is 4.10. The fourth-order valence-electron chi connectivity index (χ4n) is 2.85. The van der Waals surface area contributed by atoms with Crippen LogP contribution < -0.4 is 0 Å². The summed E-state index contributed by atoms with van der Waals surface area (Å²) in [4.78, 5) is 0. The smallest absolute Gasteiger partial charge is 0.0775 e. The van der Waals surface area contributed by atoms with Crippen molar-refractivity contribution >= 4 is 0 Å².